The van der Waals surface area contributed by atoms with Gasteiger partial charge in [0.1, 0.15) is 6.10 Å². The van der Waals surface area contributed by atoms with Crippen molar-refractivity contribution in [2.75, 3.05) is 7.11 Å². The molecule has 15 heavy (non-hydrogen) atoms. The molecule has 1 fully saturated rings. The van der Waals surface area contributed by atoms with Gasteiger partial charge in [-0.25, -0.2) is 9.97 Å². The minimum absolute atomic E-state index is 0.107. The van der Waals surface area contributed by atoms with Crippen molar-refractivity contribution in [3.05, 3.63) is 23.3 Å². The van der Waals surface area contributed by atoms with E-state index < -0.39 is 0 Å². The predicted octanol–water partition coefficient (Wildman–Crippen LogP) is 1.18. The van der Waals surface area contributed by atoms with Gasteiger partial charge < -0.3 is 10.1 Å². The lowest BCUT2D eigenvalue weighted by Crippen LogP contribution is -2.10. The number of hydrogen-bond donors (Lipinski definition) is 1. The summed E-state index contributed by atoms with van der Waals surface area (Å²) in [6.45, 7) is 1.77. The van der Waals surface area contributed by atoms with Crippen LogP contribution in [0.1, 0.15) is 36.0 Å². The number of nitrogens with zero attached hydrogens (tertiary/aromatic N) is 2. The van der Waals surface area contributed by atoms with Gasteiger partial charge in [-0.1, -0.05) is 0 Å². The van der Waals surface area contributed by atoms with Crippen LogP contribution < -0.4 is 5.32 Å². The van der Waals surface area contributed by atoms with E-state index in [9.17, 15) is 0 Å². The predicted molar refractivity (Wildman–Crippen MR) is 55.0 cm³/mol. The highest BCUT2D eigenvalue weighted by molar-refractivity contribution is 5.22. The van der Waals surface area contributed by atoms with Gasteiger partial charge in [-0.3, -0.25) is 0 Å². The van der Waals surface area contributed by atoms with Crippen molar-refractivity contribution in [1.82, 2.24) is 15.3 Å². The van der Waals surface area contributed by atoms with Crippen molar-refractivity contribution in [3.63, 3.8) is 0 Å². The molecule has 1 aromatic rings. The van der Waals surface area contributed by atoms with Gasteiger partial charge in [0.2, 0.25) is 0 Å². The Kier molecular flexibility index (Phi) is 2.18. The van der Waals surface area contributed by atoms with Crippen molar-refractivity contribution < 1.29 is 4.74 Å². The second-order valence-corrected chi connectivity index (χ2v) is 4.30. The Labute approximate surface area is 89.1 Å². The summed E-state index contributed by atoms with van der Waals surface area (Å²) in [4.78, 5) is 8.99. The van der Waals surface area contributed by atoms with Gasteiger partial charge in [-0.05, 0) is 18.8 Å². The maximum Gasteiger partial charge on any atom is 0.157 e. The lowest BCUT2D eigenvalue weighted by Gasteiger charge is -2.13. The van der Waals surface area contributed by atoms with Crippen molar-refractivity contribution in [2.24, 2.45) is 5.92 Å². The summed E-state index contributed by atoms with van der Waals surface area (Å²) in [7, 11) is 1.75. The van der Waals surface area contributed by atoms with Crippen LogP contribution in [-0.2, 0) is 17.8 Å². The molecule has 0 spiro atoms. The molecule has 2 aliphatic rings. The zero-order valence-corrected chi connectivity index (χ0v) is 8.86. The standard InChI is InChI=1S/C11H15N3O/c1-15-10(7-2-3-7)11-13-5-8-4-12-6-9(8)14-11/h5,7,10,12H,2-4,6H2,1H3. The summed E-state index contributed by atoms with van der Waals surface area (Å²) < 4.78 is 5.47. The van der Waals surface area contributed by atoms with E-state index in [0.717, 1.165) is 24.6 Å². The zero-order chi connectivity index (χ0) is 10.3. The normalized spacial score (nSPS) is 21.4. The molecule has 4 nitrogen and oxygen atoms in total. The molecule has 1 aliphatic carbocycles. The highest BCUT2D eigenvalue weighted by Crippen LogP contribution is 2.41. The molecule has 1 aromatic heterocycles. The molecule has 80 valence electrons. The monoisotopic (exact) mass is 205 g/mol. The van der Waals surface area contributed by atoms with Crippen LogP contribution in [0.3, 0.4) is 0 Å². The molecule has 0 aromatic carbocycles. The fraction of sp³-hybridized carbons (Fsp3) is 0.636. The lowest BCUT2D eigenvalue weighted by atomic mass is 10.2. The highest BCUT2D eigenvalue weighted by atomic mass is 16.5. The molecule has 4 heteroatoms. The van der Waals surface area contributed by atoms with E-state index in [2.05, 4.69) is 15.3 Å². The second-order valence-electron chi connectivity index (χ2n) is 4.30. The third-order valence-corrected chi connectivity index (χ3v) is 3.14. The quantitative estimate of drug-likeness (QED) is 0.805. The minimum atomic E-state index is 0.107. The van der Waals surface area contributed by atoms with Crippen LogP contribution >= 0.6 is 0 Å². The third-order valence-electron chi connectivity index (χ3n) is 3.14. The lowest BCUT2D eigenvalue weighted by molar-refractivity contribution is 0.0770. The Morgan fingerprint density at radius 1 is 1.47 bits per heavy atom. The van der Waals surface area contributed by atoms with Crippen molar-refractivity contribution in [3.8, 4) is 0 Å². The van der Waals surface area contributed by atoms with Gasteiger partial charge in [0.15, 0.2) is 5.82 Å². The fourth-order valence-corrected chi connectivity index (χ4v) is 2.12. The van der Waals surface area contributed by atoms with E-state index in [0.29, 0.717) is 5.92 Å². The number of methoxy groups -OCH3 is 1. The van der Waals surface area contributed by atoms with Crippen LogP contribution in [0.4, 0.5) is 0 Å². The average Bonchev–Trinajstić information content (AvgIpc) is 2.97. The van der Waals surface area contributed by atoms with Crippen LogP contribution in [0.25, 0.3) is 0 Å². The zero-order valence-electron chi connectivity index (χ0n) is 8.86. The van der Waals surface area contributed by atoms with Gasteiger partial charge in [0.25, 0.3) is 0 Å². The van der Waals surface area contributed by atoms with Crippen LogP contribution in [-0.4, -0.2) is 17.1 Å². The average molecular weight is 205 g/mol. The molecule has 1 atom stereocenters. The Morgan fingerprint density at radius 2 is 2.33 bits per heavy atom. The highest BCUT2D eigenvalue weighted by Gasteiger charge is 2.34. The molecule has 1 unspecified atom stereocenters. The fourth-order valence-electron chi connectivity index (χ4n) is 2.12. The van der Waals surface area contributed by atoms with E-state index in [-0.39, 0.29) is 6.10 Å². The Balaban J connectivity index is 1.90. The smallest absolute Gasteiger partial charge is 0.157 e. The van der Waals surface area contributed by atoms with Crippen molar-refractivity contribution in [2.45, 2.75) is 32.0 Å². The molecule has 0 amide bonds. The van der Waals surface area contributed by atoms with E-state index in [1.165, 1.54) is 18.4 Å². The molecule has 0 bridgehead atoms. The molecule has 3 rings (SSSR count). The largest absolute Gasteiger partial charge is 0.373 e. The SMILES string of the molecule is COC(c1ncc2c(n1)CNC2)C1CC1. The Bertz CT molecular complexity index is 376. The van der Waals surface area contributed by atoms with Gasteiger partial charge in [0, 0.05) is 32.0 Å². The van der Waals surface area contributed by atoms with Gasteiger partial charge in [0.05, 0.1) is 5.69 Å². The van der Waals surface area contributed by atoms with Crippen molar-refractivity contribution >= 4 is 0 Å². The first-order valence-electron chi connectivity index (χ1n) is 5.46. The van der Waals surface area contributed by atoms with Crippen LogP contribution in [0.2, 0.25) is 0 Å². The first-order chi connectivity index (χ1) is 7.38. The summed E-state index contributed by atoms with van der Waals surface area (Å²) in [5.41, 5.74) is 2.37. The molecule has 2 heterocycles. The van der Waals surface area contributed by atoms with Gasteiger partial charge in [-0.15, -0.1) is 0 Å². The van der Waals surface area contributed by atoms with Crippen LogP contribution in [0.15, 0.2) is 6.20 Å². The molecule has 1 N–H and O–H groups in total. The van der Waals surface area contributed by atoms with E-state index >= 15 is 0 Å². The molecular weight excluding hydrogens is 190 g/mol. The minimum Gasteiger partial charge on any atom is -0.373 e. The Morgan fingerprint density at radius 3 is 3.07 bits per heavy atom. The van der Waals surface area contributed by atoms with Crippen LogP contribution in [0, 0.1) is 5.92 Å². The maximum atomic E-state index is 5.47. The molecule has 1 saturated carbocycles. The summed E-state index contributed by atoms with van der Waals surface area (Å²) in [5.74, 6) is 1.50. The van der Waals surface area contributed by atoms with Gasteiger partial charge in [-0.2, -0.15) is 0 Å². The maximum absolute atomic E-state index is 5.47. The molecule has 0 saturated heterocycles. The summed E-state index contributed by atoms with van der Waals surface area (Å²) in [5, 5.41) is 3.27. The van der Waals surface area contributed by atoms with Crippen LogP contribution in [0.5, 0.6) is 0 Å². The van der Waals surface area contributed by atoms with E-state index in [1.54, 1.807) is 7.11 Å². The number of ether oxygens (including phenoxy) is 1. The summed E-state index contributed by atoms with van der Waals surface area (Å²) in [6.07, 6.45) is 4.54. The Hall–Kier alpha value is -1.00. The first kappa shape index (κ1) is 9.24. The number of rotatable bonds is 3. The van der Waals surface area contributed by atoms with E-state index in [4.69, 9.17) is 4.74 Å². The number of nitrogens with one attached hydrogen (secondary N) is 1. The second kappa shape index (κ2) is 3.54. The van der Waals surface area contributed by atoms with E-state index in [1.807, 2.05) is 6.20 Å². The molecular formula is C11H15N3O. The van der Waals surface area contributed by atoms with Crippen molar-refractivity contribution in [1.29, 1.82) is 0 Å². The number of hydrogen-bond acceptors (Lipinski definition) is 4. The van der Waals surface area contributed by atoms with Gasteiger partial charge >= 0.3 is 0 Å². The third kappa shape index (κ3) is 1.64. The summed E-state index contributed by atoms with van der Waals surface area (Å²) in [6, 6.07) is 0. The molecule has 0 radical (unpaired) electrons. The first-order valence-corrected chi connectivity index (χ1v) is 5.46. The number of aromatic nitrogens is 2. The topological polar surface area (TPSA) is 47.0 Å². The number of fused-ring (bicyclic) bond motifs is 1. The molecule has 1 aliphatic heterocycles. The summed E-state index contributed by atoms with van der Waals surface area (Å²) >= 11 is 0.